The van der Waals surface area contributed by atoms with E-state index < -0.39 is 0 Å². The number of rotatable bonds is 6. The van der Waals surface area contributed by atoms with Gasteiger partial charge in [0.1, 0.15) is 5.82 Å². The highest BCUT2D eigenvalue weighted by atomic mass is 35.5. The molecule has 0 amide bonds. The zero-order valence-electron chi connectivity index (χ0n) is 13.2. The fourth-order valence-corrected chi connectivity index (χ4v) is 3.85. The molecule has 1 atom stereocenters. The molecular formula is C17H28ClN3. The molecule has 1 aromatic heterocycles. The molecule has 0 spiro atoms. The lowest BCUT2D eigenvalue weighted by atomic mass is 9.75. The van der Waals surface area contributed by atoms with Gasteiger partial charge in [-0.05, 0) is 37.3 Å². The third-order valence-electron chi connectivity index (χ3n) is 4.73. The number of anilines is 1. The third-order valence-corrected chi connectivity index (χ3v) is 4.94. The van der Waals surface area contributed by atoms with Crippen LogP contribution in [0.1, 0.15) is 64.0 Å². The summed E-state index contributed by atoms with van der Waals surface area (Å²) in [5.41, 5.74) is 7.17. The van der Waals surface area contributed by atoms with Crippen molar-refractivity contribution < 1.29 is 0 Å². The van der Waals surface area contributed by atoms with Crippen LogP contribution < -0.4 is 11.1 Å². The quantitative estimate of drug-likeness (QED) is 0.809. The van der Waals surface area contributed by atoms with Gasteiger partial charge in [0.15, 0.2) is 0 Å². The Bertz CT molecular complexity index is 442. The van der Waals surface area contributed by atoms with Crippen molar-refractivity contribution in [2.45, 2.75) is 58.4 Å². The fourth-order valence-electron chi connectivity index (χ4n) is 3.68. The maximum absolute atomic E-state index is 6.12. The molecule has 1 aromatic rings. The standard InChI is InChI=1S/C17H28ClN3/c1-3-5-12-6-8-13(9-7-12)16(20-4-2)15-10-14(18)11-21-17(15)19/h10-13,16,20H,3-9H2,1-2H3,(H2,19,21). The van der Waals surface area contributed by atoms with Gasteiger partial charge in [-0.25, -0.2) is 4.98 Å². The van der Waals surface area contributed by atoms with Gasteiger partial charge in [0, 0.05) is 17.8 Å². The van der Waals surface area contributed by atoms with E-state index in [4.69, 9.17) is 17.3 Å². The highest BCUT2D eigenvalue weighted by Crippen LogP contribution is 2.39. The van der Waals surface area contributed by atoms with E-state index in [2.05, 4.69) is 24.1 Å². The van der Waals surface area contributed by atoms with E-state index in [1.54, 1.807) is 6.20 Å². The van der Waals surface area contributed by atoms with Gasteiger partial charge in [-0.2, -0.15) is 0 Å². The Morgan fingerprint density at radius 2 is 2.05 bits per heavy atom. The number of halogens is 1. The molecule has 0 radical (unpaired) electrons. The molecule has 3 nitrogen and oxygen atoms in total. The first-order valence-corrected chi connectivity index (χ1v) is 8.67. The summed E-state index contributed by atoms with van der Waals surface area (Å²) in [6.45, 7) is 5.36. The second-order valence-corrected chi connectivity index (χ2v) is 6.67. The lowest BCUT2D eigenvalue weighted by Gasteiger charge is -2.35. The number of hydrogen-bond donors (Lipinski definition) is 2. The van der Waals surface area contributed by atoms with Crippen LogP contribution in [0.4, 0.5) is 5.82 Å². The van der Waals surface area contributed by atoms with Crippen molar-refractivity contribution in [3.63, 3.8) is 0 Å². The van der Waals surface area contributed by atoms with Gasteiger partial charge in [-0.1, -0.05) is 51.1 Å². The van der Waals surface area contributed by atoms with Crippen LogP contribution in [0.15, 0.2) is 12.3 Å². The molecule has 1 unspecified atom stereocenters. The fraction of sp³-hybridized carbons (Fsp3) is 0.706. The minimum Gasteiger partial charge on any atom is -0.383 e. The predicted molar refractivity (Wildman–Crippen MR) is 90.4 cm³/mol. The molecule has 4 heteroatoms. The molecule has 3 N–H and O–H groups in total. The molecule has 1 saturated carbocycles. The minimum atomic E-state index is 0.281. The maximum atomic E-state index is 6.12. The number of nitrogens with zero attached hydrogens (tertiary/aromatic N) is 1. The molecule has 0 saturated heterocycles. The zero-order valence-corrected chi connectivity index (χ0v) is 14.0. The highest BCUT2D eigenvalue weighted by molar-refractivity contribution is 6.30. The molecule has 0 bridgehead atoms. The predicted octanol–water partition coefficient (Wildman–Crippen LogP) is 4.57. The smallest absolute Gasteiger partial charge is 0.128 e. The molecule has 1 aliphatic rings. The van der Waals surface area contributed by atoms with Crippen molar-refractivity contribution in [3.05, 3.63) is 22.8 Å². The molecule has 1 heterocycles. The topological polar surface area (TPSA) is 50.9 Å². The Labute approximate surface area is 133 Å². The van der Waals surface area contributed by atoms with Crippen LogP contribution in [-0.4, -0.2) is 11.5 Å². The summed E-state index contributed by atoms with van der Waals surface area (Å²) in [7, 11) is 0. The molecule has 0 aromatic carbocycles. The first kappa shape index (κ1) is 16.6. The van der Waals surface area contributed by atoms with E-state index in [1.165, 1.54) is 38.5 Å². The van der Waals surface area contributed by atoms with Crippen LogP contribution in [0.5, 0.6) is 0 Å². The summed E-state index contributed by atoms with van der Waals surface area (Å²) in [5, 5.41) is 4.27. The lowest BCUT2D eigenvalue weighted by Crippen LogP contribution is -2.31. The number of pyridine rings is 1. The summed E-state index contributed by atoms with van der Waals surface area (Å²) >= 11 is 6.12. The van der Waals surface area contributed by atoms with Crippen molar-refractivity contribution in [3.8, 4) is 0 Å². The molecule has 0 aliphatic heterocycles. The maximum Gasteiger partial charge on any atom is 0.128 e. The van der Waals surface area contributed by atoms with Crippen molar-refractivity contribution >= 4 is 17.4 Å². The number of nitrogen functional groups attached to an aromatic ring is 1. The first-order chi connectivity index (χ1) is 10.2. The van der Waals surface area contributed by atoms with Crippen molar-refractivity contribution in [2.24, 2.45) is 11.8 Å². The summed E-state index contributed by atoms with van der Waals surface area (Å²) in [6.07, 6.45) is 9.53. The molecular weight excluding hydrogens is 282 g/mol. The monoisotopic (exact) mass is 309 g/mol. The van der Waals surface area contributed by atoms with Crippen LogP contribution in [0.3, 0.4) is 0 Å². The zero-order chi connectivity index (χ0) is 15.2. The van der Waals surface area contributed by atoms with Crippen LogP contribution in [-0.2, 0) is 0 Å². The van der Waals surface area contributed by atoms with E-state index in [0.29, 0.717) is 16.8 Å². The number of nitrogens with one attached hydrogen (secondary N) is 1. The number of hydrogen-bond acceptors (Lipinski definition) is 3. The van der Waals surface area contributed by atoms with Crippen molar-refractivity contribution in [2.75, 3.05) is 12.3 Å². The SMILES string of the molecule is CCCC1CCC(C(NCC)c2cc(Cl)cnc2N)CC1. The lowest BCUT2D eigenvalue weighted by molar-refractivity contribution is 0.216. The third kappa shape index (κ3) is 4.33. The van der Waals surface area contributed by atoms with Gasteiger partial charge in [-0.15, -0.1) is 0 Å². The molecule has 118 valence electrons. The number of aromatic nitrogens is 1. The minimum absolute atomic E-state index is 0.281. The molecule has 21 heavy (non-hydrogen) atoms. The van der Waals surface area contributed by atoms with Crippen LogP contribution in [0.25, 0.3) is 0 Å². The van der Waals surface area contributed by atoms with Gasteiger partial charge in [-0.3, -0.25) is 0 Å². The Kier molecular flexibility index (Phi) is 6.31. The van der Waals surface area contributed by atoms with Crippen LogP contribution in [0, 0.1) is 11.8 Å². The van der Waals surface area contributed by atoms with Gasteiger partial charge < -0.3 is 11.1 Å². The van der Waals surface area contributed by atoms with Crippen LogP contribution >= 0.6 is 11.6 Å². The summed E-state index contributed by atoms with van der Waals surface area (Å²) < 4.78 is 0. The Balaban J connectivity index is 2.11. The normalized spacial score (nSPS) is 24.0. The Morgan fingerprint density at radius 3 is 2.67 bits per heavy atom. The first-order valence-electron chi connectivity index (χ1n) is 8.30. The van der Waals surface area contributed by atoms with Gasteiger partial charge >= 0.3 is 0 Å². The molecule has 2 rings (SSSR count). The number of nitrogens with two attached hydrogens (primary N) is 1. The van der Waals surface area contributed by atoms with Gasteiger partial charge in [0.25, 0.3) is 0 Å². The summed E-state index contributed by atoms with van der Waals surface area (Å²) in [5.74, 6) is 2.17. The second-order valence-electron chi connectivity index (χ2n) is 6.23. The average molecular weight is 310 g/mol. The van der Waals surface area contributed by atoms with E-state index >= 15 is 0 Å². The Morgan fingerprint density at radius 1 is 1.33 bits per heavy atom. The molecule has 1 fully saturated rings. The van der Waals surface area contributed by atoms with Crippen molar-refractivity contribution in [1.29, 1.82) is 0 Å². The van der Waals surface area contributed by atoms with E-state index in [0.717, 1.165) is 18.0 Å². The van der Waals surface area contributed by atoms with Gasteiger partial charge in [0.05, 0.1) is 5.02 Å². The van der Waals surface area contributed by atoms with Crippen molar-refractivity contribution in [1.82, 2.24) is 10.3 Å². The summed E-state index contributed by atoms with van der Waals surface area (Å²) in [6, 6.07) is 2.26. The highest BCUT2D eigenvalue weighted by Gasteiger charge is 2.29. The second kappa shape index (κ2) is 8.00. The largest absolute Gasteiger partial charge is 0.383 e. The summed E-state index contributed by atoms with van der Waals surface area (Å²) in [4.78, 5) is 4.23. The Hall–Kier alpha value is -0.800. The van der Waals surface area contributed by atoms with E-state index in [-0.39, 0.29) is 6.04 Å². The van der Waals surface area contributed by atoms with E-state index in [1.807, 2.05) is 6.07 Å². The van der Waals surface area contributed by atoms with Gasteiger partial charge in [0.2, 0.25) is 0 Å². The average Bonchev–Trinajstić information content (AvgIpc) is 2.49. The van der Waals surface area contributed by atoms with E-state index in [9.17, 15) is 0 Å². The van der Waals surface area contributed by atoms with Crippen LogP contribution in [0.2, 0.25) is 5.02 Å². The molecule has 1 aliphatic carbocycles.